The molecule has 0 N–H and O–H groups in total. The van der Waals surface area contributed by atoms with E-state index in [0.29, 0.717) is 30.3 Å². The molecule has 22 heavy (non-hydrogen) atoms. The number of hydrogen-bond acceptors (Lipinski definition) is 4. The fourth-order valence-corrected chi connectivity index (χ4v) is 2.89. The van der Waals surface area contributed by atoms with Crippen molar-refractivity contribution < 1.29 is 14.3 Å². The monoisotopic (exact) mass is 324 g/mol. The van der Waals surface area contributed by atoms with E-state index in [2.05, 4.69) is 4.98 Å². The Morgan fingerprint density at radius 3 is 2.77 bits per heavy atom. The highest BCUT2D eigenvalue weighted by molar-refractivity contribution is 6.29. The fourth-order valence-electron chi connectivity index (χ4n) is 2.78. The zero-order valence-corrected chi connectivity index (χ0v) is 13.7. The predicted octanol–water partition coefficient (Wildman–Crippen LogP) is 3.07. The summed E-state index contributed by atoms with van der Waals surface area (Å²) in [7, 11) is 0. The molecule has 1 aliphatic heterocycles. The lowest BCUT2D eigenvalue weighted by molar-refractivity contribution is -0.155. The molecule has 2 rings (SSSR count). The Kier molecular flexibility index (Phi) is 5.40. The summed E-state index contributed by atoms with van der Waals surface area (Å²) in [6.45, 7) is 4.40. The van der Waals surface area contributed by atoms with Crippen LogP contribution in [0.25, 0.3) is 0 Å². The largest absolute Gasteiger partial charge is 0.464 e. The minimum absolute atomic E-state index is 0.207. The van der Waals surface area contributed by atoms with Crippen LogP contribution in [0.1, 0.15) is 49.9 Å². The van der Waals surface area contributed by atoms with Gasteiger partial charge in [-0.1, -0.05) is 24.4 Å². The van der Waals surface area contributed by atoms with Crippen molar-refractivity contribution in [2.45, 2.75) is 45.1 Å². The third kappa shape index (κ3) is 3.40. The molecule has 0 bridgehead atoms. The molecule has 5 nitrogen and oxygen atoms in total. The van der Waals surface area contributed by atoms with Gasteiger partial charge in [0.1, 0.15) is 10.7 Å². The van der Waals surface area contributed by atoms with Crippen LogP contribution in [0.4, 0.5) is 0 Å². The van der Waals surface area contributed by atoms with E-state index in [1.165, 1.54) is 6.20 Å². The summed E-state index contributed by atoms with van der Waals surface area (Å²) in [5, 5.41) is 0.334. The number of halogens is 1. The summed E-state index contributed by atoms with van der Waals surface area (Å²) < 4.78 is 5.21. The minimum Gasteiger partial charge on any atom is -0.464 e. The number of esters is 1. The van der Waals surface area contributed by atoms with E-state index >= 15 is 0 Å². The van der Waals surface area contributed by atoms with Gasteiger partial charge in [-0.3, -0.25) is 4.79 Å². The van der Waals surface area contributed by atoms with Gasteiger partial charge in [0.25, 0.3) is 5.91 Å². The molecule has 0 aliphatic carbocycles. The Balaban J connectivity index is 2.32. The summed E-state index contributed by atoms with van der Waals surface area (Å²) in [6, 6.07) is 3.21. The highest BCUT2D eigenvalue weighted by Crippen LogP contribution is 2.30. The van der Waals surface area contributed by atoms with Gasteiger partial charge in [0.15, 0.2) is 0 Å². The van der Waals surface area contributed by atoms with Crippen LogP contribution in [0, 0.1) is 0 Å². The number of carbonyl (C=O) groups excluding carboxylic acids is 2. The average molecular weight is 325 g/mol. The van der Waals surface area contributed by atoms with Crippen LogP contribution < -0.4 is 0 Å². The molecule has 0 spiro atoms. The third-order valence-electron chi connectivity index (χ3n) is 4.08. The number of carbonyl (C=O) groups is 2. The van der Waals surface area contributed by atoms with Crippen LogP contribution in [0.2, 0.25) is 5.15 Å². The van der Waals surface area contributed by atoms with Gasteiger partial charge in [-0.2, -0.15) is 0 Å². The second-order valence-electron chi connectivity index (χ2n) is 5.63. The zero-order chi connectivity index (χ0) is 16.2. The molecule has 0 aromatic carbocycles. The van der Waals surface area contributed by atoms with Gasteiger partial charge in [0, 0.05) is 12.7 Å². The number of rotatable bonds is 3. The highest BCUT2D eigenvalue weighted by Gasteiger charge is 2.44. The molecule has 1 saturated heterocycles. The number of pyridine rings is 1. The number of ether oxygens (including phenoxy) is 1. The molecule has 2 heterocycles. The van der Waals surface area contributed by atoms with Crippen molar-refractivity contribution in [2.24, 2.45) is 0 Å². The van der Waals surface area contributed by atoms with Crippen LogP contribution >= 0.6 is 11.6 Å². The van der Waals surface area contributed by atoms with E-state index < -0.39 is 5.54 Å². The molecule has 1 fully saturated rings. The van der Waals surface area contributed by atoms with E-state index in [0.717, 1.165) is 19.3 Å². The molecule has 1 aromatic heterocycles. The lowest BCUT2D eigenvalue weighted by Crippen LogP contribution is -2.55. The summed E-state index contributed by atoms with van der Waals surface area (Å²) >= 11 is 5.77. The van der Waals surface area contributed by atoms with Crippen LogP contribution in [-0.4, -0.2) is 40.5 Å². The molecule has 0 radical (unpaired) electrons. The molecule has 6 heteroatoms. The Labute approximate surface area is 135 Å². The van der Waals surface area contributed by atoms with Crippen molar-refractivity contribution in [3.8, 4) is 0 Å². The summed E-state index contributed by atoms with van der Waals surface area (Å²) in [6.07, 6.45) is 4.83. The van der Waals surface area contributed by atoms with Crippen molar-refractivity contribution in [1.82, 2.24) is 9.88 Å². The standard InChI is InChI=1S/C16H21ClN2O3/c1-3-22-15(21)16(2)9-5-4-6-10-19(16)14(20)12-7-8-13(17)18-11-12/h7-8,11H,3-6,9-10H2,1-2H3. The van der Waals surface area contributed by atoms with E-state index in [1.54, 1.807) is 30.9 Å². The minimum atomic E-state index is -0.927. The first-order chi connectivity index (χ1) is 10.5. The SMILES string of the molecule is CCOC(=O)C1(C)CCCCCN1C(=O)c1ccc(Cl)nc1. The Hall–Kier alpha value is -1.62. The smallest absolute Gasteiger partial charge is 0.331 e. The number of amides is 1. The Morgan fingerprint density at radius 2 is 2.14 bits per heavy atom. The van der Waals surface area contributed by atoms with Crippen molar-refractivity contribution in [3.63, 3.8) is 0 Å². The van der Waals surface area contributed by atoms with Crippen LogP contribution in [0.3, 0.4) is 0 Å². The molecule has 1 aromatic rings. The second-order valence-corrected chi connectivity index (χ2v) is 6.02. The summed E-state index contributed by atoms with van der Waals surface area (Å²) in [4.78, 5) is 30.8. The van der Waals surface area contributed by atoms with Gasteiger partial charge >= 0.3 is 5.97 Å². The highest BCUT2D eigenvalue weighted by atomic mass is 35.5. The van der Waals surface area contributed by atoms with Crippen molar-refractivity contribution in [3.05, 3.63) is 29.0 Å². The van der Waals surface area contributed by atoms with Crippen LogP contribution in [0.5, 0.6) is 0 Å². The van der Waals surface area contributed by atoms with Crippen LogP contribution in [0.15, 0.2) is 18.3 Å². The summed E-state index contributed by atoms with van der Waals surface area (Å²) in [5.41, 5.74) is -0.495. The first-order valence-electron chi connectivity index (χ1n) is 7.60. The first-order valence-corrected chi connectivity index (χ1v) is 7.97. The molecule has 0 saturated carbocycles. The van der Waals surface area contributed by atoms with Crippen LogP contribution in [-0.2, 0) is 9.53 Å². The fraction of sp³-hybridized carbons (Fsp3) is 0.562. The van der Waals surface area contributed by atoms with E-state index in [-0.39, 0.29) is 11.9 Å². The van der Waals surface area contributed by atoms with E-state index in [9.17, 15) is 9.59 Å². The Morgan fingerprint density at radius 1 is 1.36 bits per heavy atom. The normalized spacial score (nSPS) is 22.0. The molecule has 120 valence electrons. The Bertz CT molecular complexity index is 547. The lowest BCUT2D eigenvalue weighted by Gasteiger charge is -2.37. The van der Waals surface area contributed by atoms with E-state index in [1.807, 2.05) is 0 Å². The zero-order valence-electron chi connectivity index (χ0n) is 13.0. The summed E-state index contributed by atoms with van der Waals surface area (Å²) in [5.74, 6) is -0.547. The number of hydrogen-bond donors (Lipinski definition) is 0. The molecular weight excluding hydrogens is 304 g/mol. The molecular formula is C16H21ClN2O3. The van der Waals surface area contributed by atoms with Gasteiger partial charge in [0.05, 0.1) is 12.2 Å². The molecule has 1 amide bonds. The maximum absolute atomic E-state index is 12.8. The number of likely N-dealkylation sites (tertiary alicyclic amines) is 1. The van der Waals surface area contributed by atoms with Gasteiger partial charge in [0.2, 0.25) is 0 Å². The average Bonchev–Trinajstić information content (AvgIpc) is 2.70. The topological polar surface area (TPSA) is 59.5 Å². The lowest BCUT2D eigenvalue weighted by atomic mass is 9.93. The maximum atomic E-state index is 12.8. The molecule has 1 unspecified atom stereocenters. The van der Waals surface area contributed by atoms with Crippen molar-refractivity contribution in [1.29, 1.82) is 0 Å². The van der Waals surface area contributed by atoms with Gasteiger partial charge < -0.3 is 9.64 Å². The van der Waals surface area contributed by atoms with Gasteiger partial charge in [-0.05, 0) is 38.8 Å². The van der Waals surface area contributed by atoms with Crippen molar-refractivity contribution >= 4 is 23.5 Å². The van der Waals surface area contributed by atoms with Gasteiger partial charge in [-0.15, -0.1) is 0 Å². The maximum Gasteiger partial charge on any atom is 0.331 e. The molecule has 1 atom stereocenters. The second kappa shape index (κ2) is 7.09. The number of aromatic nitrogens is 1. The molecule has 1 aliphatic rings. The first kappa shape index (κ1) is 16.7. The number of nitrogens with zero attached hydrogens (tertiary/aromatic N) is 2. The van der Waals surface area contributed by atoms with Crippen molar-refractivity contribution in [2.75, 3.05) is 13.2 Å². The van der Waals surface area contributed by atoms with E-state index in [4.69, 9.17) is 16.3 Å². The van der Waals surface area contributed by atoms with Gasteiger partial charge in [-0.25, -0.2) is 9.78 Å². The predicted molar refractivity (Wildman–Crippen MR) is 83.8 cm³/mol. The quantitative estimate of drug-likeness (QED) is 0.633. The third-order valence-corrected chi connectivity index (χ3v) is 4.30.